The second-order valence-electron chi connectivity index (χ2n) is 5.30. The molecule has 0 atom stereocenters. The summed E-state index contributed by atoms with van der Waals surface area (Å²) in [5.74, 6) is -0.00355. The fourth-order valence-electron chi connectivity index (χ4n) is 2.11. The number of amides is 1. The molecule has 1 aromatic rings. The highest BCUT2D eigenvalue weighted by molar-refractivity contribution is 6.00. The average molecular weight is 249 g/mol. The first-order valence-electron chi connectivity index (χ1n) is 6.02. The van der Waals surface area contributed by atoms with Crippen molar-refractivity contribution in [2.45, 2.75) is 32.2 Å². The molecule has 0 radical (unpaired) electrons. The minimum Gasteiger partial charge on any atom is -0.397 e. The van der Waals surface area contributed by atoms with Crippen molar-refractivity contribution in [2.75, 3.05) is 23.0 Å². The summed E-state index contributed by atoms with van der Waals surface area (Å²) in [6, 6.07) is 3.68. The van der Waals surface area contributed by atoms with Crippen molar-refractivity contribution in [3.8, 4) is 0 Å². The van der Waals surface area contributed by atoms with Gasteiger partial charge >= 0.3 is 0 Å². The quantitative estimate of drug-likeness (QED) is 0.606. The molecule has 0 fully saturated rings. The van der Waals surface area contributed by atoms with E-state index in [0.717, 1.165) is 16.9 Å². The molecule has 0 saturated heterocycles. The lowest BCUT2D eigenvalue weighted by Gasteiger charge is -2.28. The highest BCUT2D eigenvalue weighted by Gasteiger charge is 2.22. The molecule has 5 N–H and O–H groups in total. The van der Waals surface area contributed by atoms with Crippen LogP contribution in [0, 0.1) is 0 Å². The predicted octanol–water partition coefficient (Wildman–Crippen LogP) is 1.34. The number of nitrogens with one attached hydrogen (secondary N) is 2. The van der Waals surface area contributed by atoms with E-state index in [2.05, 4.69) is 10.6 Å². The lowest BCUT2D eigenvalue weighted by Crippen LogP contribution is -2.32. The van der Waals surface area contributed by atoms with Gasteiger partial charge in [-0.3, -0.25) is 4.79 Å². The Hall–Kier alpha value is -1.75. The van der Waals surface area contributed by atoms with Gasteiger partial charge in [-0.05, 0) is 38.0 Å². The summed E-state index contributed by atoms with van der Waals surface area (Å²) in [6.45, 7) is 4.10. The Labute approximate surface area is 106 Å². The largest absolute Gasteiger partial charge is 0.397 e. The summed E-state index contributed by atoms with van der Waals surface area (Å²) >= 11 is 0. The van der Waals surface area contributed by atoms with E-state index in [1.165, 1.54) is 0 Å². The summed E-state index contributed by atoms with van der Waals surface area (Å²) in [5, 5.41) is 15.1. The van der Waals surface area contributed by atoms with Crippen molar-refractivity contribution in [3.05, 3.63) is 17.7 Å². The smallest absolute Gasteiger partial charge is 0.228 e. The van der Waals surface area contributed by atoms with Gasteiger partial charge in [0.25, 0.3) is 0 Å². The first kappa shape index (κ1) is 12.7. The maximum absolute atomic E-state index is 11.3. The van der Waals surface area contributed by atoms with Gasteiger partial charge in [0.2, 0.25) is 5.91 Å². The zero-order chi connectivity index (χ0) is 13.3. The van der Waals surface area contributed by atoms with Crippen LogP contribution in [0.1, 0.15) is 25.8 Å². The van der Waals surface area contributed by atoms with E-state index < -0.39 is 0 Å². The highest BCUT2D eigenvalue weighted by atomic mass is 16.3. The maximum atomic E-state index is 11.3. The second-order valence-corrected chi connectivity index (χ2v) is 5.30. The molecule has 1 aliphatic heterocycles. The summed E-state index contributed by atoms with van der Waals surface area (Å²) in [6.07, 6.45) is 1.01. The van der Waals surface area contributed by atoms with Crippen molar-refractivity contribution >= 4 is 23.0 Å². The number of nitrogens with two attached hydrogens (primary N) is 1. The van der Waals surface area contributed by atoms with Crippen LogP contribution in [0.15, 0.2) is 12.1 Å². The molecule has 0 aromatic heterocycles. The van der Waals surface area contributed by atoms with E-state index >= 15 is 0 Å². The first-order chi connectivity index (χ1) is 8.41. The molecule has 1 aromatic carbocycles. The van der Waals surface area contributed by atoms with Crippen LogP contribution in [0.4, 0.5) is 17.1 Å². The number of aliphatic hydroxyl groups excluding tert-OH is 1. The van der Waals surface area contributed by atoms with Gasteiger partial charge in [-0.1, -0.05) is 0 Å². The standard InChI is InChI=1S/C13H19N3O2/c1-13(2,3-4-17)16-11-7-10-8(5-9(11)14)6-12(18)15-10/h5,7,16-17H,3-4,6,14H2,1-2H3,(H,15,18). The van der Waals surface area contributed by atoms with Crippen molar-refractivity contribution in [2.24, 2.45) is 0 Å². The molecular weight excluding hydrogens is 230 g/mol. The van der Waals surface area contributed by atoms with Crippen LogP contribution in [-0.2, 0) is 11.2 Å². The minimum atomic E-state index is -0.250. The van der Waals surface area contributed by atoms with Crippen LogP contribution < -0.4 is 16.4 Å². The van der Waals surface area contributed by atoms with Crippen molar-refractivity contribution in [1.29, 1.82) is 0 Å². The van der Waals surface area contributed by atoms with Gasteiger partial charge in [0, 0.05) is 17.8 Å². The van der Waals surface area contributed by atoms with Crippen LogP contribution in [0.3, 0.4) is 0 Å². The molecular formula is C13H19N3O2. The van der Waals surface area contributed by atoms with Crippen LogP contribution in [-0.4, -0.2) is 23.2 Å². The topological polar surface area (TPSA) is 87.4 Å². The summed E-state index contributed by atoms with van der Waals surface area (Å²) in [5.41, 5.74) is 8.89. The van der Waals surface area contributed by atoms with Crippen molar-refractivity contribution < 1.29 is 9.90 Å². The number of hydrogen-bond donors (Lipinski definition) is 4. The molecule has 5 nitrogen and oxygen atoms in total. The molecule has 98 valence electrons. The second kappa shape index (κ2) is 4.49. The number of aliphatic hydroxyl groups is 1. The zero-order valence-corrected chi connectivity index (χ0v) is 10.7. The van der Waals surface area contributed by atoms with E-state index in [1.54, 1.807) is 0 Å². The molecule has 0 saturated carbocycles. The third kappa shape index (κ3) is 2.56. The molecule has 0 unspecified atom stereocenters. The van der Waals surface area contributed by atoms with Gasteiger partial charge in [-0.15, -0.1) is 0 Å². The van der Waals surface area contributed by atoms with Crippen LogP contribution >= 0.6 is 0 Å². The maximum Gasteiger partial charge on any atom is 0.228 e. The molecule has 0 spiro atoms. The van der Waals surface area contributed by atoms with Crippen molar-refractivity contribution in [3.63, 3.8) is 0 Å². The van der Waals surface area contributed by atoms with Crippen LogP contribution in [0.25, 0.3) is 0 Å². The highest BCUT2D eigenvalue weighted by Crippen LogP contribution is 2.33. The number of carbonyl (C=O) groups is 1. The Morgan fingerprint density at radius 2 is 2.22 bits per heavy atom. The molecule has 0 aliphatic carbocycles. The Morgan fingerprint density at radius 1 is 1.50 bits per heavy atom. The van der Waals surface area contributed by atoms with E-state index in [1.807, 2.05) is 26.0 Å². The fourth-order valence-corrected chi connectivity index (χ4v) is 2.11. The Morgan fingerprint density at radius 3 is 2.89 bits per heavy atom. The van der Waals surface area contributed by atoms with Crippen LogP contribution in [0.5, 0.6) is 0 Å². The molecule has 1 aliphatic rings. The van der Waals surface area contributed by atoms with E-state index in [0.29, 0.717) is 18.5 Å². The Kier molecular flexibility index (Phi) is 3.17. The first-order valence-corrected chi connectivity index (χ1v) is 6.02. The number of fused-ring (bicyclic) bond motifs is 1. The molecule has 1 amide bonds. The number of benzene rings is 1. The molecule has 18 heavy (non-hydrogen) atoms. The van der Waals surface area contributed by atoms with Gasteiger partial charge < -0.3 is 21.5 Å². The average Bonchev–Trinajstić information content (AvgIpc) is 2.57. The molecule has 5 heteroatoms. The van der Waals surface area contributed by atoms with Crippen LogP contribution in [0.2, 0.25) is 0 Å². The summed E-state index contributed by atoms with van der Waals surface area (Å²) < 4.78 is 0. The number of carbonyl (C=O) groups excluding carboxylic acids is 1. The predicted molar refractivity (Wildman–Crippen MR) is 72.6 cm³/mol. The normalized spacial score (nSPS) is 14.3. The van der Waals surface area contributed by atoms with Gasteiger partial charge in [0.05, 0.1) is 17.8 Å². The fraction of sp³-hybridized carbons (Fsp3) is 0.462. The third-order valence-corrected chi connectivity index (χ3v) is 3.11. The summed E-state index contributed by atoms with van der Waals surface area (Å²) in [7, 11) is 0. The third-order valence-electron chi connectivity index (χ3n) is 3.11. The zero-order valence-electron chi connectivity index (χ0n) is 10.7. The summed E-state index contributed by atoms with van der Waals surface area (Å²) in [4.78, 5) is 11.3. The van der Waals surface area contributed by atoms with Gasteiger partial charge in [-0.25, -0.2) is 0 Å². The minimum absolute atomic E-state index is 0.00355. The molecule has 0 bridgehead atoms. The van der Waals surface area contributed by atoms with E-state index in [4.69, 9.17) is 10.8 Å². The molecule has 2 rings (SSSR count). The van der Waals surface area contributed by atoms with Gasteiger partial charge in [0.1, 0.15) is 0 Å². The van der Waals surface area contributed by atoms with Crippen molar-refractivity contribution in [1.82, 2.24) is 0 Å². The van der Waals surface area contributed by atoms with Gasteiger partial charge in [0.15, 0.2) is 0 Å². The Bertz CT molecular complexity index is 483. The van der Waals surface area contributed by atoms with E-state index in [9.17, 15) is 4.79 Å². The number of hydrogen-bond acceptors (Lipinski definition) is 4. The lowest BCUT2D eigenvalue weighted by molar-refractivity contribution is -0.115. The van der Waals surface area contributed by atoms with Gasteiger partial charge in [-0.2, -0.15) is 0 Å². The monoisotopic (exact) mass is 249 g/mol. The number of rotatable bonds is 4. The number of anilines is 3. The van der Waals surface area contributed by atoms with E-state index in [-0.39, 0.29) is 18.1 Å². The lowest BCUT2D eigenvalue weighted by atomic mass is 10.00. The number of nitrogen functional groups attached to an aromatic ring is 1. The molecule has 1 heterocycles. The Balaban J connectivity index is 2.25. The SMILES string of the molecule is CC(C)(CCO)Nc1cc2c(cc1N)CC(=O)N2.